The first kappa shape index (κ1) is 13.7. The molecule has 3 rings (SSSR count). The van der Waals surface area contributed by atoms with Crippen molar-refractivity contribution >= 4 is 11.6 Å². The minimum atomic E-state index is -0.0405. The van der Waals surface area contributed by atoms with Gasteiger partial charge in [0.05, 0.1) is 12.2 Å². The second-order valence-electron chi connectivity index (χ2n) is 5.31. The number of aryl methyl sites for hydroxylation is 1. The predicted octanol–water partition coefficient (Wildman–Crippen LogP) is 0.909. The Morgan fingerprint density at radius 1 is 1.43 bits per heavy atom. The summed E-state index contributed by atoms with van der Waals surface area (Å²) in [7, 11) is 0. The number of carbonyl (C=O) groups excluding carboxylic acids is 1. The maximum absolute atomic E-state index is 11.9. The molecular formula is C14H18N6O. The summed E-state index contributed by atoms with van der Waals surface area (Å²) in [5.74, 6) is 1.43. The van der Waals surface area contributed by atoms with Gasteiger partial charge in [0.15, 0.2) is 5.82 Å². The number of nitrogens with zero attached hydrogens (tertiary/aromatic N) is 4. The topological polar surface area (TPSA) is 84.7 Å². The van der Waals surface area contributed by atoms with Gasteiger partial charge in [0.1, 0.15) is 0 Å². The molecule has 0 saturated heterocycles. The number of nitrogens with one attached hydrogen (secondary N) is 2. The van der Waals surface area contributed by atoms with Crippen molar-refractivity contribution in [1.82, 2.24) is 25.5 Å². The molecule has 1 aliphatic rings. The van der Waals surface area contributed by atoms with Crippen molar-refractivity contribution in [1.29, 1.82) is 0 Å². The third-order valence-corrected chi connectivity index (χ3v) is 3.42. The number of anilines is 1. The monoisotopic (exact) mass is 286 g/mol. The highest BCUT2D eigenvalue weighted by atomic mass is 16.1. The maximum atomic E-state index is 11.9. The Bertz CT molecular complexity index is 634. The van der Waals surface area contributed by atoms with E-state index in [2.05, 4.69) is 26.2 Å². The Morgan fingerprint density at radius 3 is 3.00 bits per heavy atom. The van der Waals surface area contributed by atoms with Crippen molar-refractivity contribution in [3.05, 3.63) is 30.1 Å². The van der Waals surface area contributed by atoms with E-state index in [9.17, 15) is 4.79 Å². The fraction of sp³-hybridized carbons (Fsp3) is 0.429. The molecule has 7 nitrogen and oxygen atoms in total. The van der Waals surface area contributed by atoms with E-state index in [4.69, 9.17) is 0 Å². The molecular weight excluding hydrogens is 268 g/mol. The smallest absolute Gasteiger partial charge is 0.238 e. The molecule has 2 N–H and O–H groups in total. The van der Waals surface area contributed by atoms with Crippen molar-refractivity contribution in [2.24, 2.45) is 5.92 Å². The van der Waals surface area contributed by atoms with Crippen molar-refractivity contribution < 1.29 is 4.79 Å². The zero-order valence-corrected chi connectivity index (χ0v) is 11.9. The van der Waals surface area contributed by atoms with Crippen LogP contribution in [0.4, 0.5) is 5.69 Å². The number of benzene rings is 1. The highest BCUT2D eigenvalue weighted by Crippen LogP contribution is 2.27. The lowest BCUT2D eigenvalue weighted by atomic mass is 10.2. The number of hydrogen-bond acceptors (Lipinski definition) is 5. The second kappa shape index (κ2) is 6.01. The number of aromatic nitrogens is 4. The summed E-state index contributed by atoms with van der Waals surface area (Å²) in [5, 5.41) is 17.4. The number of tetrazole rings is 1. The summed E-state index contributed by atoms with van der Waals surface area (Å²) in [6.45, 7) is 3.09. The summed E-state index contributed by atoms with van der Waals surface area (Å²) >= 11 is 0. The molecule has 0 aliphatic heterocycles. The van der Waals surface area contributed by atoms with Crippen LogP contribution in [0.1, 0.15) is 18.7 Å². The van der Waals surface area contributed by atoms with Crippen LogP contribution >= 0.6 is 0 Å². The maximum Gasteiger partial charge on any atom is 0.238 e. The second-order valence-corrected chi connectivity index (χ2v) is 5.31. The highest BCUT2D eigenvalue weighted by molar-refractivity contribution is 5.92. The molecule has 110 valence electrons. The van der Waals surface area contributed by atoms with Gasteiger partial charge in [0.25, 0.3) is 0 Å². The van der Waals surface area contributed by atoms with Gasteiger partial charge in [-0.1, -0.05) is 6.07 Å². The van der Waals surface area contributed by atoms with Crippen molar-refractivity contribution in [2.75, 3.05) is 18.4 Å². The third-order valence-electron chi connectivity index (χ3n) is 3.42. The van der Waals surface area contributed by atoms with Gasteiger partial charge in [-0.05, 0) is 60.9 Å². The normalized spacial score (nSPS) is 14.1. The van der Waals surface area contributed by atoms with Gasteiger partial charge < -0.3 is 10.6 Å². The molecule has 1 aliphatic carbocycles. The van der Waals surface area contributed by atoms with E-state index in [-0.39, 0.29) is 5.91 Å². The van der Waals surface area contributed by atoms with Crippen LogP contribution in [0, 0.1) is 12.8 Å². The quantitative estimate of drug-likeness (QED) is 0.824. The molecule has 21 heavy (non-hydrogen) atoms. The Morgan fingerprint density at radius 2 is 2.29 bits per heavy atom. The molecule has 1 amide bonds. The molecule has 1 fully saturated rings. The standard InChI is InChI=1S/C14H18N6O/c1-10-17-18-19-20(10)13-4-2-3-12(7-13)16-14(21)9-15-8-11-5-6-11/h2-4,7,11,15H,5-6,8-9H2,1H3,(H,16,21). The fourth-order valence-corrected chi connectivity index (χ4v) is 2.10. The molecule has 0 atom stereocenters. The summed E-state index contributed by atoms with van der Waals surface area (Å²) in [6.07, 6.45) is 2.56. The van der Waals surface area contributed by atoms with Crippen LogP contribution < -0.4 is 10.6 Å². The Labute approximate surface area is 122 Å². The Kier molecular flexibility index (Phi) is 3.92. The van der Waals surface area contributed by atoms with Crippen LogP contribution in [0.5, 0.6) is 0 Å². The first-order valence-electron chi connectivity index (χ1n) is 7.08. The summed E-state index contributed by atoms with van der Waals surface area (Å²) in [5.41, 5.74) is 1.56. The first-order chi connectivity index (χ1) is 10.2. The van der Waals surface area contributed by atoms with Crippen molar-refractivity contribution in [3.8, 4) is 5.69 Å². The number of rotatable bonds is 6. The third kappa shape index (κ3) is 3.63. The van der Waals surface area contributed by atoms with E-state index in [0.717, 1.165) is 23.8 Å². The molecule has 0 unspecified atom stereocenters. The number of hydrogen-bond donors (Lipinski definition) is 2. The largest absolute Gasteiger partial charge is 0.325 e. The van der Waals surface area contributed by atoms with Crippen LogP contribution in [-0.4, -0.2) is 39.2 Å². The molecule has 0 bridgehead atoms. The lowest BCUT2D eigenvalue weighted by Crippen LogP contribution is -2.29. The van der Waals surface area contributed by atoms with Crippen LogP contribution in [0.15, 0.2) is 24.3 Å². The number of carbonyl (C=O) groups is 1. The molecule has 7 heteroatoms. The summed E-state index contributed by atoms with van der Waals surface area (Å²) in [4.78, 5) is 11.9. The molecule has 2 aromatic rings. The zero-order chi connectivity index (χ0) is 14.7. The highest BCUT2D eigenvalue weighted by Gasteiger charge is 2.20. The molecule has 1 aromatic carbocycles. The van der Waals surface area contributed by atoms with E-state index < -0.39 is 0 Å². The van der Waals surface area contributed by atoms with E-state index in [1.807, 2.05) is 31.2 Å². The van der Waals surface area contributed by atoms with Gasteiger partial charge >= 0.3 is 0 Å². The van der Waals surface area contributed by atoms with E-state index in [0.29, 0.717) is 12.4 Å². The van der Waals surface area contributed by atoms with Crippen molar-refractivity contribution in [2.45, 2.75) is 19.8 Å². The van der Waals surface area contributed by atoms with Crippen LogP contribution in [0.25, 0.3) is 5.69 Å². The Balaban J connectivity index is 1.60. The summed E-state index contributed by atoms with van der Waals surface area (Å²) in [6, 6.07) is 7.46. The van der Waals surface area contributed by atoms with E-state index >= 15 is 0 Å². The van der Waals surface area contributed by atoms with Gasteiger partial charge in [-0.3, -0.25) is 4.79 Å². The number of amides is 1. The van der Waals surface area contributed by atoms with Crippen LogP contribution in [-0.2, 0) is 4.79 Å². The van der Waals surface area contributed by atoms with E-state index in [1.54, 1.807) is 4.68 Å². The SMILES string of the molecule is Cc1nnnn1-c1cccc(NC(=O)CNCC2CC2)c1. The minimum absolute atomic E-state index is 0.0405. The average molecular weight is 286 g/mol. The van der Waals surface area contributed by atoms with Crippen molar-refractivity contribution in [3.63, 3.8) is 0 Å². The first-order valence-corrected chi connectivity index (χ1v) is 7.08. The molecule has 1 saturated carbocycles. The van der Waals surface area contributed by atoms with E-state index in [1.165, 1.54) is 12.8 Å². The van der Waals surface area contributed by atoms with Gasteiger partial charge in [-0.25, -0.2) is 0 Å². The Hall–Kier alpha value is -2.28. The van der Waals surface area contributed by atoms with Gasteiger partial charge in [0, 0.05) is 5.69 Å². The molecule has 0 radical (unpaired) electrons. The van der Waals surface area contributed by atoms with Gasteiger partial charge in [0.2, 0.25) is 5.91 Å². The van der Waals surface area contributed by atoms with Gasteiger partial charge in [-0.2, -0.15) is 4.68 Å². The average Bonchev–Trinajstić information content (AvgIpc) is 3.19. The van der Waals surface area contributed by atoms with Gasteiger partial charge in [-0.15, -0.1) is 5.10 Å². The molecule has 1 heterocycles. The fourth-order valence-electron chi connectivity index (χ4n) is 2.10. The lowest BCUT2D eigenvalue weighted by molar-refractivity contribution is -0.115. The molecule has 1 aromatic heterocycles. The zero-order valence-electron chi connectivity index (χ0n) is 11.9. The summed E-state index contributed by atoms with van der Waals surface area (Å²) < 4.78 is 1.63. The lowest BCUT2D eigenvalue weighted by Gasteiger charge is -2.08. The van der Waals surface area contributed by atoms with Crippen LogP contribution in [0.2, 0.25) is 0 Å². The predicted molar refractivity (Wildman–Crippen MR) is 78.1 cm³/mol. The van der Waals surface area contributed by atoms with Crippen LogP contribution in [0.3, 0.4) is 0 Å². The molecule has 0 spiro atoms. The minimum Gasteiger partial charge on any atom is -0.325 e.